The highest BCUT2D eigenvalue weighted by molar-refractivity contribution is 6.30. The molecule has 19 heavy (non-hydrogen) atoms. The maximum absolute atomic E-state index is 13.3. The molecule has 0 fully saturated rings. The zero-order valence-corrected chi connectivity index (χ0v) is 10.7. The number of hydrogen-bond acceptors (Lipinski definition) is 2. The minimum absolute atomic E-state index is 0.0714. The van der Waals surface area contributed by atoms with Crippen molar-refractivity contribution in [1.82, 2.24) is 0 Å². The third-order valence-electron chi connectivity index (χ3n) is 2.56. The normalized spacial score (nSPS) is 10.2. The van der Waals surface area contributed by atoms with E-state index in [1.54, 1.807) is 30.3 Å². The standard InChI is InChI=1S/C14H12ClFN2O/c15-11-6-5-9(7-12(11)16)8-19-13-4-2-1-3-10(13)14(17)18/h1-7H,8H2,(H3,17,18). The predicted octanol–water partition coefficient (Wildman–Crippen LogP) is 3.34. The summed E-state index contributed by atoms with van der Waals surface area (Å²) in [5, 5.41) is 7.52. The summed E-state index contributed by atoms with van der Waals surface area (Å²) in [5.74, 6) is -0.0640. The lowest BCUT2D eigenvalue weighted by Gasteiger charge is -2.10. The van der Waals surface area contributed by atoms with E-state index in [2.05, 4.69) is 0 Å². The zero-order chi connectivity index (χ0) is 13.8. The highest BCUT2D eigenvalue weighted by Crippen LogP contribution is 2.20. The second-order valence-electron chi connectivity index (χ2n) is 3.95. The molecule has 2 aromatic rings. The minimum Gasteiger partial charge on any atom is -0.488 e. The van der Waals surface area contributed by atoms with E-state index in [-0.39, 0.29) is 17.5 Å². The summed E-state index contributed by atoms with van der Waals surface area (Å²) in [5.41, 5.74) is 6.62. The summed E-state index contributed by atoms with van der Waals surface area (Å²) in [7, 11) is 0. The molecule has 0 bridgehead atoms. The highest BCUT2D eigenvalue weighted by atomic mass is 35.5. The minimum atomic E-state index is -0.484. The Balaban J connectivity index is 2.14. The molecule has 0 radical (unpaired) electrons. The average Bonchev–Trinajstić information content (AvgIpc) is 2.40. The van der Waals surface area contributed by atoms with Crippen molar-refractivity contribution in [3.8, 4) is 5.75 Å². The molecule has 0 saturated heterocycles. The van der Waals surface area contributed by atoms with Crippen LogP contribution in [0.1, 0.15) is 11.1 Å². The second-order valence-corrected chi connectivity index (χ2v) is 4.35. The Labute approximate surface area is 115 Å². The summed E-state index contributed by atoms with van der Waals surface area (Å²) in [6.45, 7) is 0.179. The quantitative estimate of drug-likeness (QED) is 0.666. The first-order valence-electron chi connectivity index (χ1n) is 5.58. The average molecular weight is 279 g/mol. The fourth-order valence-corrected chi connectivity index (χ4v) is 1.72. The van der Waals surface area contributed by atoms with E-state index >= 15 is 0 Å². The van der Waals surface area contributed by atoms with Gasteiger partial charge in [-0.15, -0.1) is 0 Å². The van der Waals surface area contributed by atoms with Crippen LogP contribution in [0, 0.1) is 11.2 Å². The monoisotopic (exact) mass is 278 g/mol. The Kier molecular flexibility index (Phi) is 4.02. The van der Waals surface area contributed by atoms with Gasteiger partial charge in [0.2, 0.25) is 0 Å². The predicted molar refractivity (Wildman–Crippen MR) is 73.2 cm³/mol. The molecule has 3 nitrogen and oxygen atoms in total. The van der Waals surface area contributed by atoms with Gasteiger partial charge in [-0.3, -0.25) is 5.41 Å². The Morgan fingerprint density at radius 1 is 1.26 bits per heavy atom. The van der Waals surface area contributed by atoms with Crippen molar-refractivity contribution in [2.45, 2.75) is 6.61 Å². The van der Waals surface area contributed by atoms with Gasteiger partial charge in [-0.2, -0.15) is 0 Å². The van der Waals surface area contributed by atoms with Gasteiger partial charge in [0, 0.05) is 0 Å². The highest BCUT2D eigenvalue weighted by Gasteiger charge is 2.07. The fourth-order valence-electron chi connectivity index (χ4n) is 1.61. The molecule has 0 aliphatic heterocycles. The van der Waals surface area contributed by atoms with Gasteiger partial charge in [0.25, 0.3) is 0 Å². The molecule has 0 aliphatic rings. The fraction of sp³-hybridized carbons (Fsp3) is 0.0714. The third-order valence-corrected chi connectivity index (χ3v) is 2.86. The van der Waals surface area contributed by atoms with Crippen LogP contribution in [0.25, 0.3) is 0 Å². The van der Waals surface area contributed by atoms with E-state index in [0.717, 1.165) is 0 Å². The molecule has 0 saturated carbocycles. The Morgan fingerprint density at radius 3 is 2.68 bits per heavy atom. The van der Waals surface area contributed by atoms with Crippen LogP contribution in [0.15, 0.2) is 42.5 Å². The van der Waals surface area contributed by atoms with E-state index < -0.39 is 5.82 Å². The maximum atomic E-state index is 13.3. The van der Waals surface area contributed by atoms with Crippen LogP contribution in [0.5, 0.6) is 5.75 Å². The number of amidine groups is 1. The SMILES string of the molecule is N=C(N)c1ccccc1OCc1ccc(Cl)c(F)c1. The maximum Gasteiger partial charge on any atom is 0.142 e. The Hall–Kier alpha value is -2.07. The van der Waals surface area contributed by atoms with E-state index in [1.165, 1.54) is 12.1 Å². The molecule has 5 heteroatoms. The van der Waals surface area contributed by atoms with Gasteiger partial charge in [-0.1, -0.05) is 29.8 Å². The molecule has 0 atom stereocenters. The number of halogens is 2. The molecule has 0 spiro atoms. The molecule has 2 aromatic carbocycles. The van der Waals surface area contributed by atoms with Crippen LogP contribution in [0.3, 0.4) is 0 Å². The summed E-state index contributed by atoms with van der Waals surface area (Å²) in [4.78, 5) is 0. The van der Waals surface area contributed by atoms with Gasteiger partial charge in [-0.05, 0) is 29.8 Å². The largest absolute Gasteiger partial charge is 0.488 e. The number of nitrogens with one attached hydrogen (secondary N) is 1. The molecule has 0 heterocycles. The van der Waals surface area contributed by atoms with Crippen LogP contribution in [0.4, 0.5) is 4.39 Å². The van der Waals surface area contributed by atoms with Crippen molar-refractivity contribution in [3.63, 3.8) is 0 Å². The number of rotatable bonds is 4. The zero-order valence-electron chi connectivity index (χ0n) is 9.99. The smallest absolute Gasteiger partial charge is 0.142 e. The first-order chi connectivity index (χ1) is 9.08. The van der Waals surface area contributed by atoms with Crippen molar-refractivity contribution >= 4 is 17.4 Å². The van der Waals surface area contributed by atoms with Crippen molar-refractivity contribution in [2.75, 3.05) is 0 Å². The number of benzene rings is 2. The van der Waals surface area contributed by atoms with Crippen molar-refractivity contribution in [1.29, 1.82) is 5.41 Å². The number of nitrogens with two attached hydrogens (primary N) is 1. The summed E-state index contributed by atoms with van der Waals surface area (Å²) in [6.07, 6.45) is 0. The van der Waals surface area contributed by atoms with Gasteiger partial charge in [0.15, 0.2) is 0 Å². The first-order valence-corrected chi connectivity index (χ1v) is 5.96. The molecular formula is C14H12ClFN2O. The van der Waals surface area contributed by atoms with E-state index in [4.69, 9.17) is 27.5 Å². The van der Waals surface area contributed by atoms with Crippen molar-refractivity contribution < 1.29 is 9.13 Å². The summed E-state index contributed by atoms with van der Waals surface area (Å²) < 4.78 is 18.8. The van der Waals surface area contributed by atoms with Gasteiger partial charge >= 0.3 is 0 Å². The lowest BCUT2D eigenvalue weighted by Crippen LogP contribution is -2.13. The molecule has 0 unspecified atom stereocenters. The molecule has 0 aliphatic carbocycles. The van der Waals surface area contributed by atoms with Crippen LogP contribution in [0.2, 0.25) is 5.02 Å². The van der Waals surface area contributed by atoms with E-state index in [1.807, 2.05) is 0 Å². The number of nitrogen functional groups attached to an aromatic ring is 1. The van der Waals surface area contributed by atoms with E-state index in [0.29, 0.717) is 16.9 Å². The number of hydrogen-bond donors (Lipinski definition) is 2. The summed E-state index contributed by atoms with van der Waals surface area (Å²) >= 11 is 5.60. The Morgan fingerprint density at radius 2 is 2.00 bits per heavy atom. The van der Waals surface area contributed by atoms with Crippen LogP contribution < -0.4 is 10.5 Å². The molecule has 0 aromatic heterocycles. The lowest BCUT2D eigenvalue weighted by atomic mass is 10.2. The van der Waals surface area contributed by atoms with Crippen LogP contribution in [-0.4, -0.2) is 5.84 Å². The molecule has 0 amide bonds. The van der Waals surface area contributed by atoms with Crippen molar-refractivity contribution in [2.24, 2.45) is 5.73 Å². The number of ether oxygens (including phenoxy) is 1. The first kappa shape index (κ1) is 13.4. The molecular weight excluding hydrogens is 267 g/mol. The Bertz CT molecular complexity index is 616. The van der Waals surface area contributed by atoms with Crippen LogP contribution in [-0.2, 0) is 6.61 Å². The van der Waals surface area contributed by atoms with Gasteiger partial charge in [-0.25, -0.2) is 4.39 Å². The van der Waals surface area contributed by atoms with E-state index in [9.17, 15) is 4.39 Å². The summed E-state index contributed by atoms with van der Waals surface area (Å²) in [6, 6.07) is 11.4. The number of para-hydroxylation sites is 1. The van der Waals surface area contributed by atoms with Gasteiger partial charge in [0.1, 0.15) is 24.0 Å². The molecule has 98 valence electrons. The molecule has 2 rings (SSSR count). The van der Waals surface area contributed by atoms with Gasteiger partial charge < -0.3 is 10.5 Å². The lowest BCUT2D eigenvalue weighted by molar-refractivity contribution is 0.305. The van der Waals surface area contributed by atoms with Crippen LogP contribution >= 0.6 is 11.6 Å². The van der Waals surface area contributed by atoms with Crippen molar-refractivity contribution in [3.05, 3.63) is 64.4 Å². The van der Waals surface area contributed by atoms with Gasteiger partial charge in [0.05, 0.1) is 10.6 Å². The molecule has 3 N–H and O–H groups in total. The third kappa shape index (κ3) is 3.23. The second kappa shape index (κ2) is 5.71. The topological polar surface area (TPSA) is 59.1 Å².